The van der Waals surface area contributed by atoms with Crippen LogP contribution in [0.5, 0.6) is 0 Å². The number of aromatic nitrogens is 4. The summed E-state index contributed by atoms with van der Waals surface area (Å²) < 4.78 is 60.8. The molecule has 1 fully saturated rings. The van der Waals surface area contributed by atoms with Crippen molar-refractivity contribution in [2.45, 2.75) is 142 Å². The average molecular weight is 1000 g/mol. The van der Waals surface area contributed by atoms with Gasteiger partial charge in [0, 0.05) is 36.6 Å². The van der Waals surface area contributed by atoms with Gasteiger partial charge in [-0.3, -0.25) is 28.1 Å². The van der Waals surface area contributed by atoms with E-state index in [1.54, 1.807) is 0 Å². The number of imidazole rings is 1. The quantitative estimate of drug-likeness (QED) is 0.0512. The van der Waals surface area contributed by atoms with E-state index in [4.69, 9.17) is 10.5 Å². The topological polar surface area (TPSA) is 375 Å². The minimum absolute atomic E-state index is 0.0184. The summed E-state index contributed by atoms with van der Waals surface area (Å²) in [5, 5.41) is 26.5. The smallest absolute Gasteiger partial charge is 0.274 e. The van der Waals surface area contributed by atoms with Crippen LogP contribution in [0.15, 0.2) is 12.7 Å². The highest BCUT2D eigenvalue weighted by atomic mass is 32.2. The summed E-state index contributed by atoms with van der Waals surface area (Å²) in [4.78, 5) is 97.2. The molecule has 0 radical (unpaired) electrons. The van der Waals surface area contributed by atoms with Gasteiger partial charge in [0.15, 0.2) is 22.8 Å². The van der Waals surface area contributed by atoms with Gasteiger partial charge in [-0.1, -0.05) is 110 Å². The normalized spacial score (nSPS) is 20.8. The molecule has 2 amide bonds. The van der Waals surface area contributed by atoms with Crippen molar-refractivity contribution in [2.75, 3.05) is 37.8 Å². The second-order valence-electron chi connectivity index (χ2n) is 16.4. The first-order valence-electron chi connectivity index (χ1n) is 21.5. The minimum atomic E-state index is -5.92. The maximum absolute atomic E-state index is 12.6. The number of fused-ring (bicyclic) bond motifs is 1. The fraction of sp³-hybridized carbons (Fsp3) is 0.784. The number of nitrogens with two attached hydrogens (primary N) is 1. The number of phosphoric ester groups is 3. The third-order valence-corrected chi connectivity index (χ3v) is 14.5. The predicted molar refractivity (Wildman–Crippen MR) is 228 cm³/mol. The number of anilines is 1. The van der Waals surface area contributed by atoms with E-state index < -0.39 is 84.6 Å². The molecule has 2 aromatic heterocycles. The molecule has 3 rings (SSSR count). The zero-order chi connectivity index (χ0) is 48.4. The number of ether oxygens (including phenoxy) is 1. The third-order valence-electron chi connectivity index (χ3n) is 10.4. The fourth-order valence-electron chi connectivity index (χ4n) is 6.63. The summed E-state index contributed by atoms with van der Waals surface area (Å²) >= 11 is 1.15. The van der Waals surface area contributed by atoms with Gasteiger partial charge in [-0.2, -0.15) is 0 Å². The van der Waals surface area contributed by atoms with Crippen molar-refractivity contribution < 1.29 is 80.5 Å². The van der Waals surface area contributed by atoms with E-state index >= 15 is 0 Å². The molecule has 0 saturated carbocycles. The van der Waals surface area contributed by atoms with Crippen LogP contribution in [-0.2, 0) is 50.7 Å². The standard InChI is InChI=1S/C37H66N7O17P3S/c1-5-6-7-8-9-10-11-12-13-14-15-16-25(2)36(49)65-20-19-39-27(45)17-18-40-34(48)31(47)37(3,4)22-58-64(55,56)61-63(53,54)57-21-26-30(60-62(50,51)52)29(46)35(59-26)44-24-43-28-32(38)41-23-42-33(28)44/h23-26,29-31,35,46-47H,5-22H2,1-4H3,(H,39,45)(H,40,48)(H,53,54)(H,55,56)(H2,38,41,42)(H2,50,51,52)/p-4/t25-,26+,29+,30+,31-,35+/m0/s1. The summed E-state index contributed by atoms with van der Waals surface area (Å²) in [6.45, 7) is 4.29. The summed E-state index contributed by atoms with van der Waals surface area (Å²) in [6, 6.07) is 0. The monoisotopic (exact) mass is 1000 g/mol. The molecule has 2 aromatic rings. The summed E-state index contributed by atoms with van der Waals surface area (Å²) in [5.41, 5.74) is 4.09. The van der Waals surface area contributed by atoms with E-state index in [-0.39, 0.29) is 47.5 Å². The minimum Gasteiger partial charge on any atom is -0.790 e. The number of aliphatic hydroxyl groups excluding tert-OH is 2. The van der Waals surface area contributed by atoms with Crippen molar-refractivity contribution in [3.63, 3.8) is 0 Å². The number of rotatable bonds is 32. The Bertz CT molecular complexity index is 1980. The molecule has 0 aliphatic carbocycles. The van der Waals surface area contributed by atoms with E-state index in [0.29, 0.717) is 5.75 Å². The second-order valence-corrected chi connectivity index (χ2v) is 21.5. The molecule has 6 N–H and O–H groups in total. The number of nitrogens with one attached hydrogen (secondary N) is 2. The number of unbranched alkanes of at least 4 members (excludes halogenated alkanes) is 10. The molecule has 0 spiro atoms. The Morgan fingerprint density at radius 1 is 0.938 bits per heavy atom. The SMILES string of the molecule is CCCCCCCCCCCCC[C@H](C)C(=O)SCCNC(=O)CCNC(=O)[C@H](O)C(C)(C)COP(=O)([O-])OP(=O)([O-])OC[C@H]1O[C@@H](n2cnc3c(N)ncnc32)[C@H](O)[C@@H]1OP(=O)([O-])[O-]. The first-order valence-corrected chi connectivity index (χ1v) is 26.8. The van der Waals surface area contributed by atoms with Crippen LogP contribution in [0, 0.1) is 11.3 Å². The van der Waals surface area contributed by atoms with Crippen LogP contribution in [0.2, 0.25) is 0 Å². The van der Waals surface area contributed by atoms with Crippen LogP contribution < -0.4 is 35.9 Å². The average Bonchev–Trinajstić information content (AvgIpc) is 3.79. The number of thioether (sulfide) groups is 1. The molecule has 1 saturated heterocycles. The molecule has 1 aliphatic rings. The zero-order valence-electron chi connectivity index (χ0n) is 37.0. The molecule has 3 heterocycles. The van der Waals surface area contributed by atoms with Gasteiger partial charge in [0.05, 0.1) is 27.4 Å². The summed E-state index contributed by atoms with van der Waals surface area (Å²) in [7, 11) is -17.6. The van der Waals surface area contributed by atoms with E-state index in [1.165, 1.54) is 71.6 Å². The van der Waals surface area contributed by atoms with Gasteiger partial charge < -0.3 is 69.0 Å². The Labute approximate surface area is 382 Å². The summed E-state index contributed by atoms with van der Waals surface area (Å²) in [6.07, 6.45) is 6.83. The van der Waals surface area contributed by atoms with Crippen LogP contribution in [0.3, 0.4) is 0 Å². The number of carbonyl (C=O) groups is 3. The first kappa shape index (κ1) is 56.9. The highest BCUT2D eigenvalue weighted by Crippen LogP contribution is 2.56. The number of carbonyl (C=O) groups excluding carboxylic acids is 3. The molecule has 0 bridgehead atoms. The molecule has 0 aromatic carbocycles. The Kier molecular flexibility index (Phi) is 23.6. The van der Waals surface area contributed by atoms with Gasteiger partial charge in [-0.15, -0.1) is 0 Å². The Morgan fingerprint density at radius 3 is 2.18 bits per heavy atom. The molecule has 65 heavy (non-hydrogen) atoms. The van der Waals surface area contributed by atoms with E-state index in [0.717, 1.165) is 48.2 Å². The van der Waals surface area contributed by atoms with Crippen molar-refractivity contribution in [3.8, 4) is 0 Å². The maximum Gasteiger partial charge on any atom is 0.274 e. The number of amides is 2. The van der Waals surface area contributed by atoms with Gasteiger partial charge in [-0.05, 0) is 6.42 Å². The zero-order valence-corrected chi connectivity index (χ0v) is 40.5. The van der Waals surface area contributed by atoms with Crippen molar-refractivity contribution >= 4 is 69.1 Å². The number of nitrogens with zero attached hydrogens (tertiary/aromatic N) is 4. The second kappa shape index (κ2) is 26.9. The summed E-state index contributed by atoms with van der Waals surface area (Å²) in [5.74, 6) is -1.23. The lowest BCUT2D eigenvalue weighted by Crippen LogP contribution is -2.46. The van der Waals surface area contributed by atoms with Gasteiger partial charge in [0.2, 0.25) is 11.8 Å². The number of aliphatic hydroxyl groups is 2. The number of hydrogen-bond donors (Lipinski definition) is 5. The predicted octanol–water partition coefficient (Wildman–Crippen LogP) is 1.47. The van der Waals surface area contributed by atoms with Crippen LogP contribution in [-0.4, -0.2) is 103 Å². The molecular formula is C37H62N7O17P3S-4. The number of phosphoric acid groups is 3. The van der Waals surface area contributed by atoms with Crippen molar-refractivity contribution in [3.05, 3.63) is 12.7 Å². The van der Waals surface area contributed by atoms with E-state index in [1.807, 2.05) is 6.92 Å². The van der Waals surface area contributed by atoms with Crippen LogP contribution in [0.1, 0.15) is 117 Å². The van der Waals surface area contributed by atoms with Crippen molar-refractivity contribution in [1.29, 1.82) is 0 Å². The number of nitrogen functional groups attached to an aromatic ring is 1. The highest BCUT2D eigenvalue weighted by Gasteiger charge is 2.47. The van der Waals surface area contributed by atoms with E-state index in [9.17, 15) is 57.9 Å². The molecular weight excluding hydrogens is 939 g/mol. The number of hydrogen-bond acceptors (Lipinski definition) is 22. The van der Waals surface area contributed by atoms with Gasteiger partial charge in [0.1, 0.15) is 36.3 Å². The highest BCUT2D eigenvalue weighted by molar-refractivity contribution is 8.13. The fourth-order valence-corrected chi connectivity index (χ4v) is 10.2. The maximum atomic E-state index is 12.6. The van der Waals surface area contributed by atoms with Gasteiger partial charge in [-0.25, -0.2) is 19.3 Å². The lowest BCUT2D eigenvalue weighted by atomic mass is 9.87. The van der Waals surface area contributed by atoms with Crippen LogP contribution in [0.25, 0.3) is 11.2 Å². The molecule has 372 valence electrons. The van der Waals surface area contributed by atoms with Gasteiger partial charge >= 0.3 is 0 Å². The Hall–Kier alpha value is -2.44. The van der Waals surface area contributed by atoms with Crippen molar-refractivity contribution in [2.24, 2.45) is 11.3 Å². The van der Waals surface area contributed by atoms with Crippen LogP contribution in [0.4, 0.5) is 5.82 Å². The third kappa shape index (κ3) is 20.0. The van der Waals surface area contributed by atoms with Crippen LogP contribution >= 0.6 is 35.2 Å². The lowest BCUT2D eigenvalue weighted by Gasteiger charge is -2.36. The molecule has 2 unspecified atom stereocenters. The van der Waals surface area contributed by atoms with E-state index in [2.05, 4.69) is 50.4 Å². The molecule has 24 nitrogen and oxygen atoms in total. The molecule has 8 atom stereocenters. The Balaban J connectivity index is 1.35. The lowest BCUT2D eigenvalue weighted by molar-refractivity contribution is -0.347. The molecule has 1 aliphatic heterocycles. The molecule has 28 heteroatoms. The first-order chi connectivity index (χ1) is 30.5. The van der Waals surface area contributed by atoms with Gasteiger partial charge in [0.25, 0.3) is 15.6 Å². The largest absolute Gasteiger partial charge is 0.790 e. The Morgan fingerprint density at radius 2 is 1.55 bits per heavy atom. The van der Waals surface area contributed by atoms with Crippen molar-refractivity contribution in [1.82, 2.24) is 30.2 Å².